The van der Waals surface area contributed by atoms with E-state index in [9.17, 15) is 23.5 Å². The van der Waals surface area contributed by atoms with Crippen LogP contribution in [0.4, 0.5) is 8.78 Å². The summed E-state index contributed by atoms with van der Waals surface area (Å²) in [5.74, 6) is -2.86. The molecule has 0 spiro atoms. The molecule has 1 N–H and O–H groups in total. The number of nitrogens with zero attached hydrogens (tertiary/aromatic N) is 2. The van der Waals surface area contributed by atoms with Crippen LogP contribution in [0.3, 0.4) is 0 Å². The zero-order chi connectivity index (χ0) is 19.8. The summed E-state index contributed by atoms with van der Waals surface area (Å²) in [6.45, 7) is -0.0501. The Balaban J connectivity index is 1.71. The van der Waals surface area contributed by atoms with Crippen molar-refractivity contribution in [1.82, 2.24) is 9.55 Å². The second kappa shape index (κ2) is 6.73. The second-order valence-corrected chi connectivity index (χ2v) is 6.12. The van der Waals surface area contributed by atoms with Gasteiger partial charge in [-0.2, -0.15) is 0 Å². The first-order chi connectivity index (χ1) is 13.4. The Hall–Kier alpha value is -3.81. The lowest BCUT2D eigenvalue weighted by Crippen LogP contribution is -2.21. The van der Waals surface area contributed by atoms with Gasteiger partial charge < -0.3 is 14.1 Å². The number of phenolic OH excluding ortho intramolecular Hbond substituents is 1. The lowest BCUT2D eigenvalue weighted by molar-refractivity contribution is 0.103. The summed E-state index contributed by atoms with van der Waals surface area (Å²) >= 11 is 0. The van der Waals surface area contributed by atoms with E-state index in [1.54, 1.807) is 0 Å². The maximum Gasteiger partial charge on any atom is 0.250 e. The summed E-state index contributed by atoms with van der Waals surface area (Å²) in [7, 11) is 0. The number of carbonyl (C=O) groups excluding carboxylic acids is 1. The fraction of sp³-hybridized carbons (Fsp3) is 0.0500. The third kappa shape index (κ3) is 3.05. The third-order valence-corrected chi connectivity index (χ3v) is 4.30. The van der Waals surface area contributed by atoms with Crippen molar-refractivity contribution in [2.24, 2.45) is 0 Å². The van der Waals surface area contributed by atoms with E-state index in [1.807, 2.05) is 0 Å². The first-order valence-electron chi connectivity index (χ1n) is 8.18. The summed E-state index contributed by atoms with van der Waals surface area (Å²) in [4.78, 5) is 28.8. The SMILES string of the molecule is O=C(c1ccc(=O)n(Cc2ccc(F)c(F)c2)c1)c1ccc2ocnc2c1O. The van der Waals surface area contributed by atoms with Gasteiger partial charge in [-0.15, -0.1) is 0 Å². The first kappa shape index (κ1) is 17.6. The van der Waals surface area contributed by atoms with Crippen molar-refractivity contribution in [3.63, 3.8) is 0 Å². The maximum atomic E-state index is 13.4. The van der Waals surface area contributed by atoms with Crippen LogP contribution in [-0.2, 0) is 6.54 Å². The average Bonchev–Trinajstić information content (AvgIpc) is 3.16. The zero-order valence-corrected chi connectivity index (χ0v) is 14.2. The lowest BCUT2D eigenvalue weighted by Gasteiger charge is -2.09. The number of hydrogen-bond acceptors (Lipinski definition) is 5. The topological polar surface area (TPSA) is 85.3 Å². The van der Waals surface area contributed by atoms with Crippen LogP contribution in [-0.4, -0.2) is 20.4 Å². The van der Waals surface area contributed by atoms with Gasteiger partial charge in [0.25, 0.3) is 5.56 Å². The van der Waals surface area contributed by atoms with E-state index >= 15 is 0 Å². The molecule has 0 unspecified atom stereocenters. The molecule has 0 aliphatic heterocycles. The Labute approximate surface area is 156 Å². The summed E-state index contributed by atoms with van der Waals surface area (Å²) in [6, 6.07) is 8.74. The van der Waals surface area contributed by atoms with Crippen molar-refractivity contribution in [1.29, 1.82) is 0 Å². The van der Waals surface area contributed by atoms with Gasteiger partial charge in [0.2, 0.25) is 0 Å². The number of phenols is 1. The molecule has 0 atom stereocenters. The first-order valence-corrected chi connectivity index (χ1v) is 8.18. The van der Waals surface area contributed by atoms with E-state index < -0.39 is 23.0 Å². The van der Waals surface area contributed by atoms with Crippen LogP contribution < -0.4 is 5.56 Å². The fourth-order valence-corrected chi connectivity index (χ4v) is 2.88. The molecule has 0 aliphatic carbocycles. The number of carbonyl (C=O) groups is 1. The summed E-state index contributed by atoms with van der Waals surface area (Å²) in [5.41, 5.74) is 0.563. The van der Waals surface area contributed by atoms with Crippen molar-refractivity contribution in [2.75, 3.05) is 0 Å². The van der Waals surface area contributed by atoms with Gasteiger partial charge in [-0.3, -0.25) is 9.59 Å². The van der Waals surface area contributed by atoms with Gasteiger partial charge in [-0.1, -0.05) is 6.07 Å². The molecule has 8 heteroatoms. The number of rotatable bonds is 4. The number of hydrogen-bond donors (Lipinski definition) is 1. The lowest BCUT2D eigenvalue weighted by atomic mass is 10.0. The smallest absolute Gasteiger partial charge is 0.250 e. The second-order valence-electron chi connectivity index (χ2n) is 6.12. The number of aromatic nitrogens is 2. The Morgan fingerprint density at radius 1 is 1.11 bits per heavy atom. The van der Waals surface area contributed by atoms with Crippen molar-refractivity contribution >= 4 is 16.9 Å². The third-order valence-electron chi connectivity index (χ3n) is 4.30. The quantitative estimate of drug-likeness (QED) is 0.548. The number of pyridine rings is 1. The van der Waals surface area contributed by atoms with Gasteiger partial charge >= 0.3 is 0 Å². The maximum absolute atomic E-state index is 13.4. The minimum Gasteiger partial charge on any atom is -0.505 e. The Bertz CT molecular complexity index is 1280. The molecule has 140 valence electrons. The Morgan fingerprint density at radius 2 is 1.93 bits per heavy atom. The molecule has 6 nitrogen and oxygen atoms in total. The molecular formula is C20H12F2N2O4. The molecule has 0 fully saturated rings. The van der Waals surface area contributed by atoms with Gasteiger partial charge in [0.05, 0.1) is 12.1 Å². The molecule has 0 bridgehead atoms. The van der Waals surface area contributed by atoms with Gasteiger partial charge in [0, 0.05) is 17.8 Å². The molecule has 0 aliphatic rings. The predicted octanol–water partition coefficient (Wildman–Crippen LogP) is 3.25. The average molecular weight is 382 g/mol. The van der Waals surface area contributed by atoms with Crippen LogP contribution in [0.2, 0.25) is 0 Å². The predicted molar refractivity (Wildman–Crippen MR) is 95.3 cm³/mol. The van der Waals surface area contributed by atoms with E-state index in [4.69, 9.17) is 4.42 Å². The minimum atomic E-state index is -1.02. The Morgan fingerprint density at radius 3 is 2.71 bits per heavy atom. The van der Waals surface area contributed by atoms with E-state index in [1.165, 1.54) is 41.1 Å². The minimum absolute atomic E-state index is 0.000532. The van der Waals surface area contributed by atoms with Crippen LogP contribution in [0, 0.1) is 11.6 Å². The molecule has 28 heavy (non-hydrogen) atoms. The van der Waals surface area contributed by atoms with Crippen molar-refractivity contribution in [3.05, 3.63) is 93.7 Å². The largest absolute Gasteiger partial charge is 0.505 e. The highest BCUT2D eigenvalue weighted by atomic mass is 19.2. The molecule has 2 aromatic heterocycles. The molecule has 0 radical (unpaired) electrons. The summed E-state index contributed by atoms with van der Waals surface area (Å²) in [6.07, 6.45) is 2.46. The number of fused-ring (bicyclic) bond motifs is 1. The van der Waals surface area contributed by atoms with Crippen LogP contribution >= 0.6 is 0 Å². The van der Waals surface area contributed by atoms with Crippen molar-refractivity contribution in [2.45, 2.75) is 6.54 Å². The molecule has 4 aromatic rings. The summed E-state index contributed by atoms with van der Waals surface area (Å²) < 4.78 is 32.7. The van der Waals surface area contributed by atoms with E-state index in [0.717, 1.165) is 18.5 Å². The van der Waals surface area contributed by atoms with Crippen LogP contribution in [0.25, 0.3) is 11.1 Å². The van der Waals surface area contributed by atoms with E-state index in [0.29, 0.717) is 11.1 Å². The van der Waals surface area contributed by atoms with E-state index in [2.05, 4.69) is 4.98 Å². The molecule has 0 saturated carbocycles. The number of aromatic hydroxyl groups is 1. The number of benzene rings is 2. The van der Waals surface area contributed by atoms with Crippen LogP contribution in [0.1, 0.15) is 21.5 Å². The van der Waals surface area contributed by atoms with Crippen molar-refractivity contribution < 1.29 is 23.1 Å². The zero-order valence-electron chi connectivity index (χ0n) is 14.2. The number of halogens is 2. The molecule has 0 amide bonds. The Kier molecular flexibility index (Phi) is 4.23. The van der Waals surface area contributed by atoms with Crippen molar-refractivity contribution in [3.8, 4) is 5.75 Å². The highest BCUT2D eigenvalue weighted by Crippen LogP contribution is 2.29. The van der Waals surface area contributed by atoms with E-state index in [-0.39, 0.29) is 28.9 Å². The standard InChI is InChI=1S/C20H12F2N2O4/c21-14-4-1-11(7-15(14)22)8-24-9-12(2-6-17(24)25)19(26)13-3-5-16-18(20(13)27)23-10-28-16/h1-7,9-10,27H,8H2. The summed E-state index contributed by atoms with van der Waals surface area (Å²) in [5, 5.41) is 10.3. The molecule has 0 saturated heterocycles. The molecule has 2 aromatic carbocycles. The highest BCUT2D eigenvalue weighted by molar-refractivity contribution is 6.12. The van der Waals surface area contributed by atoms with Gasteiger partial charge in [0.15, 0.2) is 40.7 Å². The van der Waals surface area contributed by atoms with Gasteiger partial charge in [-0.05, 0) is 35.9 Å². The number of ketones is 1. The molecular weight excluding hydrogens is 370 g/mol. The monoisotopic (exact) mass is 382 g/mol. The molecule has 2 heterocycles. The van der Waals surface area contributed by atoms with Gasteiger partial charge in [-0.25, -0.2) is 13.8 Å². The van der Waals surface area contributed by atoms with Crippen LogP contribution in [0.15, 0.2) is 64.3 Å². The number of oxazole rings is 1. The highest BCUT2D eigenvalue weighted by Gasteiger charge is 2.18. The van der Waals surface area contributed by atoms with Gasteiger partial charge in [0.1, 0.15) is 0 Å². The van der Waals surface area contributed by atoms with Crippen LogP contribution in [0.5, 0.6) is 5.75 Å². The fourth-order valence-electron chi connectivity index (χ4n) is 2.88. The normalized spacial score (nSPS) is 11.1. The molecule has 4 rings (SSSR count).